The van der Waals surface area contributed by atoms with E-state index >= 15 is 0 Å². The molecule has 0 saturated heterocycles. The van der Waals surface area contributed by atoms with E-state index in [4.69, 9.17) is 0 Å². The van der Waals surface area contributed by atoms with Crippen molar-refractivity contribution in [1.29, 1.82) is 0 Å². The highest BCUT2D eigenvalue weighted by Crippen LogP contribution is 2.24. The zero-order valence-corrected chi connectivity index (χ0v) is 9.95. The summed E-state index contributed by atoms with van der Waals surface area (Å²) >= 11 is 1.78. The van der Waals surface area contributed by atoms with Crippen LogP contribution in [0.4, 0.5) is 0 Å². The van der Waals surface area contributed by atoms with Crippen molar-refractivity contribution in [2.24, 2.45) is 0 Å². The molecule has 1 aromatic rings. The topological polar surface area (TPSA) is 24.9 Å². The number of aryl methyl sites for hydroxylation is 2. The molecule has 2 nitrogen and oxygen atoms in total. The summed E-state index contributed by atoms with van der Waals surface area (Å²) in [5, 5.41) is 4.60. The lowest BCUT2D eigenvalue weighted by molar-refractivity contribution is 0.586. The van der Waals surface area contributed by atoms with Gasteiger partial charge >= 0.3 is 0 Å². The first-order valence-corrected chi connectivity index (χ1v) is 5.75. The Bertz CT molecular complexity index is 304. The summed E-state index contributed by atoms with van der Waals surface area (Å²) in [5.74, 6) is 0. The summed E-state index contributed by atoms with van der Waals surface area (Å²) in [6, 6.07) is 0.404. The van der Waals surface area contributed by atoms with Crippen molar-refractivity contribution in [2.45, 2.75) is 33.2 Å². The van der Waals surface area contributed by atoms with E-state index < -0.39 is 0 Å². The van der Waals surface area contributed by atoms with Crippen molar-refractivity contribution < 1.29 is 0 Å². The van der Waals surface area contributed by atoms with Gasteiger partial charge in [-0.3, -0.25) is 0 Å². The van der Waals surface area contributed by atoms with Gasteiger partial charge in [-0.2, -0.15) is 0 Å². The van der Waals surface area contributed by atoms with Crippen LogP contribution < -0.4 is 5.32 Å². The van der Waals surface area contributed by atoms with E-state index in [1.807, 2.05) is 6.08 Å². The number of hydrogen-bond acceptors (Lipinski definition) is 3. The Balaban J connectivity index is 2.55. The molecule has 14 heavy (non-hydrogen) atoms. The van der Waals surface area contributed by atoms with Gasteiger partial charge in [0.25, 0.3) is 0 Å². The van der Waals surface area contributed by atoms with Crippen LogP contribution in [0.1, 0.15) is 35.0 Å². The second-order valence-corrected chi connectivity index (χ2v) is 4.67. The van der Waals surface area contributed by atoms with E-state index in [-0.39, 0.29) is 0 Å². The van der Waals surface area contributed by atoms with Gasteiger partial charge < -0.3 is 5.32 Å². The quantitative estimate of drug-likeness (QED) is 0.597. The van der Waals surface area contributed by atoms with E-state index in [0.29, 0.717) is 6.04 Å². The Morgan fingerprint density at radius 3 is 2.79 bits per heavy atom. The van der Waals surface area contributed by atoms with E-state index in [1.165, 1.54) is 4.88 Å². The molecule has 1 rings (SSSR count). The molecule has 0 bridgehead atoms. The summed E-state index contributed by atoms with van der Waals surface area (Å²) in [7, 11) is 0. The maximum absolute atomic E-state index is 4.42. The third kappa shape index (κ3) is 2.93. The molecule has 1 N–H and O–H groups in total. The van der Waals surface area contributed by atoms with E-state index in [1.54, 1.807) is 11.3 Å². The van der Waals surface area contributed by atoms with Crippen LogP contribution in [-0.2, 0) is 0 Å². The van der Waals surface area contributed by atoms with Crippen molar-refractivity contribution >= 4 is 11.3 Å². The normalized spacial score (nSPS) is 12.8. The minimum Gasteiger partial charge on any atom is -0.309 e. The fraction of sp³-hybridized carbons (Fsp3) is 0.545. The lowest BCUT2D eigenvalue weighted by atomic mass is 10.2. The van der Waals surface area contributed by atoms with Gasteiger partial charge in [0, 0.05) is 10.9 Å². The standard InChI is InChI=1S/C11H18N2S/c1-5-6-7-12-8(2)11-9(3)13-10(4)14-11/h5,8,12H,1,6-7H2,2-4H3. The second kappa shape index (κ2) is 5.27. The molecule has 1 aromatic heterocycles. The monoisotopic (exact) mass is 210 g/mol. The smallest absolute Gasteiger partial charge is 0.0900 e. The molecule has 78 valence electrons. The Labute approximate surface area is 90.1 Å². The summed E-state index contributed by atoms with van der Waals surface area (Å²) in [6.45, 7) is 11.0. The summed E-state index contributed by atoms with van der Waals surface area (Å²) in [4.78, 5) is 5.77. The SMILES string of the molecule is C=CCCNC(C)c1sc(C)nc1C. The van der Waals surface area contributed by atoms with E-state index in [9.17, 15) is 0 Å². The van der Waals surface area contributed by atoms with Crippen molar-refractivity contribution in [1.82, 2.24) is 10.3 Å². The summed E-state index contributed by atoms with van der Waals surface area (Å²) in [6.07, 6.45) is 2.95. The number of hydrogen-bond donors (Lipinski definition) is 1. The van der Waals surface area contributed by atoms with E-state index in [0.717, 1.165) is 23.7 Å². The molecule has 0 aromatic carbocycles. The van der Waals surface area contributed by atoms with Crippen molar-refractivity contribution in [3.05, 3.63) is 28.2 Å². The number of nitrogens with one attached hydrogen (secondary N) is 1. The van der Waals surface area contributed by atoms with Gasteiger partial charge in [0.15, 0.2) is 0 Å². The fourth-order valence-corrected chi connectivity index (χ4v) is 2.40. The zero-order valence-electron chi connectivity index (χ0n) is 9.13. The minimum absolute atomic E-state index is 0.404. The molecule has 1 unspecified atom stereocenters. The molecule has 0 saturated carbocycles. The average molecular weight is 210 g/mol. The lowest BCUT2D eigenvalue weighted by Crippen LogP contribution is -2.19. The molecule has 0 amide bonds. The number of nitrogens with zero attached hydrogens (tertiary/aromatic N) is 1. The first kappa shape index (κ1) is 11.4. The molecule has 0 aliphatic rings. The molecular weight excluding hydrogens is 192 g/mol. The van der Waals surface area contributed by atoms with Crippen LogP contribution in [0.15, 0.2) is 12.7 Å². The largest absolute Gasteiger partial charge is 0.309 e. The fourth-order valence-electron chi connectivity index (χ4n) is 1.44. The minimum atomic E-state index is 0.404. The predicted molar refractivity (Wildman–Crippen MR) is 62.8 cm³/mol. The van der Waals surface area contributed by atoms with Gasteiger partial charge in [-0.05, 0) is 33.7 Å². The predicted octanol–water partition coefficient (Wildman–Crippen LogP) is 2.99. The van der Waals surface area contributed by atoms with Crippen LogP contribution in [0.25, 0.3) is 0 Å². The van der Waals surface area contributed by atoms with Gasteiger partial charge in [-0.1, -0.05) is 6.08 Å². The van der Waals surface area contributed by atoms with Crippen LogP contribution in [0.2, 0.25) is 0 Å². The molecule has 3 heteroatoms. The highest BCUT2D eigenvalue weighted by Gasteiger charge is 2.11. The van der Waals surface area contributed by atoms with Crippen LogP contribution in [0.3, 0.4) is 0 Å². The summed E-state index contributed by atoms with van der Waals surface area (Å²) in [5.41, 5.74) is 1.16. The number of rotatable bonds is 5. The highest BCUT2D eigenvalue weighted by atomic mass is 32.1. The molecule has 0 fully saturated rings. The Hall–Kier alpha value is -0.670. The first-order chi connectivity index (χ1) is 6.65. The highest BCUT2D eigenvalue weighted by molar-refractivity contribution is 7.11. The molecule has 1 atom stereocenters. The molecule has 0 radical (unpaired) electrons. The van der Waals surface area contributed by atoms with Crippen molar-refractivity contribution in [3.8, 4) is 0 Å². The van der Waals surface area contributed by atoms with Crippen molar-refractivity contribution in [2.75, 3.05) is 6.54 Å². The first-order valence-electron chi connectivity index (χ1n) is 4.93. The van der Waals surface area contributed by atoms with Crippen LogP contribution in [0, 0.1) is 13.8 Å². The third-order valence-corrected chi connectivity index (χ3v) is 3.39. The zero-order chi connectivity index (χ0) is 10.6. The lowest BCUT2D eigenvalue weighted by Gasteiger charge is -2.11. The van der Waals surface area contributed by atoms with Crippen LogP contribution >= 0.6 is 11.3 Å². The average Bonchev–Trinajstić information content (AvgIpc) is 2.45. The number of thiazole rings is 1. The van der Waals surface area contributed by atoms with Gasteiger partial charge in [0.2, 0.25) is 0 Å². The van der Waals surface area contributed by atoms with E-state index in [2.05, 4.69) is 37.7 Å². The Morgan fingerprint density at radius 2 is 2.29 bits per heavy atom. The van der Waals surface area contributed by atoms with Crippen LogP contribution in [-0.4, -0.2) is 11.5 Å². The van der Waals surface area contributed by atoms with Gasteiger partial charge in [0.05, 0.1) is 10.7 Å². The molecule has 0 aliphatic heterocycles. The molecule has 0 spiro atoms. The van der Waals surface area contributed by atoms with Crippen LogP contribution in [0.5, 0.6) is 0 Å². The Morgan fingerprint density at radius 1 is 1.57 bits per heavy atom. The van der Waals surface area contributed by atoms with Crippen molar-refractivity contribution in [3.63, 3.8) is 0 Å². The second-order valence-electron chi connectivity index (χ2n) is 3.44. The van der Waals surface area contributed by atoms with Gasteiger partial charge in [-0.15, -0.1) is 17.9 Å². The Kier molecular flexibility index (Phi) is 4.29. The molecular formula is C11H18N2S. The van der Waals surface area contributed by atoms with Gasteiger partial charge in [-0.25, -0.2) is 4.98 Å². The summed E-state index contributed by atoms with van der Waals surface area (Å²) < 4.78 is 0. The third-order valence-electron chi connectivity index (χ3n) is 2.13. The maximum Gasteiger partial charge on any atom is 0.0900 e. The number of aromatic nitrogens is 1. The van der Waals surface area contributed by atoms with Gasteiger partial charge in [0.1, 0.15) is 0 Å². The molecule has 0 aliphatic carbocycles. The molecule has 1 heterocycles. The maximum atomic E-state index is 4.42.